The van der Waals surface area contributed by atoms with Crippen molar-refractivity contribution in [2.45, 2.75) is 19.5 Å². The fraction of sp³-hybridized carbons (Fsp3) is 0.276. The molecule has 10 nitrogen and oxygen atoms in total. The summed E-state index contributed by atoms with van der Waals surface area (Å²) in [5, 5.41) is 5.82. The topological polar surface area (TPSA) is 125 Å². The molecule has 3 aromatic carbocycles. The van der Waals surface area contributed by atoms with Gasteiger partial charge in [-0.3, -0.25) is 13.9 Å². The maximum absolute atomic E-state index is 13.4. The molecule has 3 amide bonds. The number of nitrogens with one attached hydrogen (secondary N) is 2. The summed E-state index contributed by atoms with van der Waals surface area (Å²) in [6.45, 7) is 0.250. The molecule has 0 spiro atoms. The van der Waals surface area contributed by atoms with Crippen molar-refractivity contribution in [1.82, 2.24) is 15.5 Å². The van der Waals surface area contributed by atoms with E-state index in [9.17, 15) is 22.8 Å². The number of sulfonamides is 1. The summed E-state index contributed by atoms with van der Waals surface area (Å²) in [5.41, 5.74) is 2.51. The van der Waals surface area contributed by atoms with E-state index in [-0.39, 0.29) is 48.6 Å². The molecule has 0 unspecified atom stereocenters. The molecule has 13 heteroatoms. The Morgan fingerprint density at radius 3 is 2.14 bits per heavy atom. The van der Waals surface area contributed by atoms with Gasteiger partial charge in [0.2, 0.25) is 10.0 Å². The van der Waals surface area contributed by atoms with E-state index in [0.29, 0.717) is 27.4 Å². The molecule has 0 aliphatic rings. The highest BCUT2D eigenvalue weighted by Crippen LogP contribution is 2.30. The third-order valence-electron chi connectivity index (χ3n) is 6.19. The first-order valence-corrected chi connectivity index (χ1v) is 15.2. The van der Waals surface area contributed by atoms with Crippen LogP contribution in [0.5, 0.6) is 0 Å². The largest absolute Gasteiger partial charge is 0.453 e. The molecule has 0 aromatic heterocycles. The van der Waals surface area contributed by atoms with E-state index in [2.05, 4.69) is 15.4 Å². The number of rotatable bonds is 12. The van der Waals surface area contributed by atoms with Crippen LogP contribution >= 0.6 is 23.2 Å². The quantitative estimate of drug-likeness (QED) is 0.278. The maximum Gasteiger partial charge on any atom is 0.406 e. The second kappa shape index (κ2) is 14.9. The number of methoxy groups -OCH3 is 1. The number of carbonyl (C=O) groups excluding carboxylic acids is 3. The molecule has 0 bridgehead atoms. The predicted molar refractivity (Wildman–Crippen MR) is 164 cm³/mol. The van der Waals surface area contributed by atoms with Gasteiger partial charge in [0.25, 0.3) is 11.8 Å². The van der Waals surface area contributed by atoms with Gasteiger partial charge < -0.3 is 20.3 Å². The number of anilines is 1. The molecule has 0 fully saturated rings. The van der Waals surface area contributed by atoms with Gasteiger partial charge in [-0.2, -0.15) is 0 Å². The number of benzene rings is 3. The highest BCUT2D eigenvalue weighted by molar-refractivity contribution is 7.92. The summed E-state index contributed by atoms with van der Waals surface area (Å²) in [7, 11) is 0.680. The first-order valence-electron chi connectivity index (χ1n) is 12.9. The van der Waals surface area contributed by atoms with Gasteiger partial charge in [-0.25, -0.2) is 13.2 Å². The van der Waals surface area contributed by atoms with E-state index < -0.39 is 16.1 Å². The smallest absolute Gasteiger partial charge is 0.406 e. The van der Waals surface area contributed by atoms with Crippen molar-refractivity contribution < 1.29 is 27.5 Å². The first-order chi connectivity index (χ1) is 19.9. The number of halogens is 2. The van der Waals surface area contributed by atoms with E-state index in [1.165, 1.54) is 28.4 Å². The second-order valence-corrected chi connectivity index (χ2v) is 12.2. The molecule has 0 atom stereocenters. The number of hydrogen-bond donors (Lipinski definition) is 2. The standard InChI is InChI=1S/C29H32Cl2N4O6S/c1-34(2)28(37)22-10-8-20(9-11-22)18-33-27(36)21-12-14-24(15-13-21)35(19-23-6-4-7-25(30)26(23)31)42(39,40)17-5-16-32-29(38)41-3/h4,6-15H,5,16-19H2,1-3H3,(H,32,38)(H,33,36). The Hall–Kier alpha value is -3.80. The Kier molecular flexibility index (Phi) is 11.6. The fourth-order valence-corrected chi connectivity index (χ4v) is 5.78. The van der Waals surface area contributed by atoms with Gasteiger partial charge >= 0.3 is 6.09 Å². The van der Waals surface area contributed by atoms with Gasteiger partial charge in [-0.15, -0.1) is 0 Å². The van der Waals surface area contributed by atoms with E-state index in [0.717, 1.165) is 5.56 Å². The zero-order chi connectivity index (χ0) is 30.9. The number of amides is 3. The monoisotopic (exact) mass is 634 g/mol. The molecule has 0 aliphatic heterocycles. The van der Waals surface area contributed by atoms with E-state index in [1.54, 1.807) is 68.7 Å². The number of alkyl carbamates (subject to hydrolysis) is 1. The number of ether oxygens (including phenoxy) is 1. The van der Waals surface area contributed by atoms with Crippen LogP contribution in [0.3, 0.4) is 0 Å². The number of hydrogen-bond acceptors (Lipinski definition) is 6. The van der Waals surface area contributed by atoms with Crippen molar-refractivity contribution in [3.8, 4) is 0 Å². The van der Waals surface area contributed by atoms with Gasteiger partial charge in [-0.05, 0) is 60.0 Å². The normalized spacial score (nSPS) is 11.0. The molecule has 3 rings (SSSR count). The molecule has 0 heterocycles. The third-order valence-corrected chi connectivity index (χ3v) is 8.87. The lowest BCUT2D eigenvalue weighted by Crippen LogP contribution is -2.34. The average Bonchev–Trinajstić information content (AvgIpc) is 2.98. The molecule has 0 aliphatic carbocycles. The molecule has 224 valence electrons. The van der Waals surface area contributed by atoms with Crippen molar-refractivity contribution >= 4 is 56.8 Å². The molecule has 2 N–H and O–H groups in total. The Morgan fingerprint density at radius 2 is 1.52 bits per heavy atom. The zero-order valence-corrected chi connectivity index (χ0v) is 25.7. The van der Waals surface area contributed by atoms with Crippen LogP contribution in [0.2, 0.25) is 10.0 Å². The summed E-state index contributed by atoms with van der Waals surface area (Å²) in [5.74, 6) is -0.732. The van der Waals surface area contributed by atoms with Crippen molar-refractivity contribution in [3.63, 3.8) is 0 Å². The molecular formula is C29H32Cl2N4O6S. The highest BCUT2D eigenvalue weighted by Gasteiger charge is 2.24. The van der Waals surface area contributed by atoms with Crippen molar-refractivity contribution in [3.05, 3.63) is 99.0 Å². The second-order valence-electron chi connectivity index (χ2n) is 9.43. The van der Waals surface area contributed by atoms with Crippen LogP contribution in [0.1, 0.15) is 38.3 Å². The molecule has 0 saturated carbocycles. The third kappa shape index (κ3) is 8.85. The minimum Gasteiger partial charge on any atom is -0.453 e. The Morgan fingerprint density at radius 1 is 0.881 bits per heavy atom. The van der Waals surface area contributed by atoms with Crippen LogP contribution in [-0.2, 0) is 27.8 Å². The van der Waals surface area contributed by atoms with Gasteiger partial charge in [0.05, 0.1) is 35.1 Å². The van der Waals surface area contributed by atoms with Crippen LogP contribution in [0.25, 0.3) is 0 Å². The van der Waals surface area contributed by atoms with Crippen LogP contribution < -0.4 is 14.9 Å². The molecule has 42 heavy (non-hydrogen) atoms. The minimum atomic E-state index is -3.89. The lowest BCUT2D eigenvalue weighted by atomic mass is 10.1. The van der Waals surface area contributed by atoms with Crippen LogP contribution in [0, 0.1) is 0 Å². The summed E-state index contributed by atoms with van der Waals surface area (Å²) in [6.07, 6.45) is -0.512. The first kappa shape index (κ1) is 32.7. The SMILES string of the molecule is COC(=O)NCCCS(=O)(=O)N(Cc1cccc(Cl)c1Cl)c1ccc(C(=O)NCc2ccc(C(=O)N(C)C)cc2)cc1. The average molecular weight is 636 g/mol. The molecule has 3 aromatic rings. The van der Waals surface area contributed by atoms with Crippen molar-refractivity contribution in [2.75, 3.05) is 37.8 Å². The van der Waals surface area contributed by atoms with Gasteiger partial charge in [-0.1, -0.05) is 47.5 Å². The molecule has 0 radical (unpaired) electrons. The van der Waals surface area contributed by atoms with Gasteiger partial charge in [0.15, 0.2) is 0 Å². The van der Waals surface area contributed by atoms with E-state index in [1.807, 2.05) is 0 Å². The van der Waals surface area contributed by atoms with E-state index >= 15 is 0 Å². The van der Waals surface area contributed by atoms with Crippen LogP contribution in [0.15, 0.2) is 66.7 Å². The molecular weight excluding hydrogens is 603 g/mol. The lowest BCUT2D eigenvalue weighted by Gasteiger charge is -2.25. The summed E-state index contributed by atoms with van der Waals surface area (Å²) in [4.78, 5) is 37.7. The van der Waals surface area contributed by atoms with Crippen LogP contribution in [-0.4, -0.2) is 64.7 Å². The van der Waals surface area contributed by atoms with Crippen molar-refractivity contribution in [1.29, 1.82) is 0 Å². The summed E-state index contributed by atoms with van der Waals surface area (Å²) >= 11 is 12.5. The summed E-state index contributed by atoms with van der Waals surface area (Å²) < 4.78 is 32.6. The molecule has 0 saturated heterocycles. The Bertz CT molecular complexity index is 1510. The van der Waals surface area contributed by atoms with E-state index in [4.69, 9.17) is 23.2 Å². The predicted octanol–water partition coefficient (Wildman–Crippen LogP) is 4.71. The lowest BCUT2D eigenvalue weighted by molar-refractivity contribution is 0.0827. The maximum atomic E-state index is 13.4. The fourth-order valence-electron chi connectivity index (χ4n) is 3.89. The number of nitrogens with zero attached hydrogens (tertiary/aromatic N) is 2. The Labute approximate surface area is 255 Å². The van der Waals surface area contributed by atoms with Crippen LogP contribution in [0.4, 0.5) is 10.5 Å². The zero-order valence-electron chi connectivity index (χ0n) is 23.4. The van der Waals surface area contributed by atoms with Crippen molar-refractivity contribution in [2.24, 2.45) is 0 Å². The summed E-state index contributed by atoms with van der Waals surface area (Å²) in [6, 6.07) is 18.0. The van der Waals surface area contributed by atoms with Gasteiger partial charge in [0.1, 0.15) is 0 Å². The van der Waals surface area contributed by atoms with Gasteiger partial charge in [0, 0.05) is 38.3 Å². The number of carbonyl (C=O) groups is 3. The minimum absolute atomic E-state index is 0.0932. The highest BCUT2D eigenvalue weighted by atomic mass is 35.5. The Balaban J connectivity index is 1.75.